The lowest BCUT2D eigenvalue weighted by Gasteiger charge is -2.55. The zero-order valence-corrected chi connectivity index (χ0v) is 14.3. The number of benzene rings is 1. The third-order valence-corrected chi connectivity index (χ3v) is 5.40. The predicted molar refractivity (Wildman–Crippen MR) is 92.9 cm³/mol. The summed E-state index contributed by atoms with van der Waals surface area (Å²) in [6, 6.07) is 6.91. The molecule has 1 spiro atoms. The van der Waals surface area contributed by atoms with Crippen molar-refractivity contribution >= 4 is 5.91 Å². The van der Waals surface area contributed by atoms with Crippen molar-refractivity contribution in [3.8, 4) is 11.6 Å². The van der Waals surface area contributed by atoms with Crippen LogP contribution in [-0.2, 0) is 4.74 Å². The molecule has 4 rings (SSSR count). The van der Waals surface area contributed by atoms with Gasteiger partial charge in [-0.25, -0.2) is 4.98 Å². The standard InChI is InChI=1S/C19H21N3O4/c23-16-11-15(19(16)4-8-25-9-5-19)22-18(24)13-2-1-3-14(10-13)26-17-12-20-6-7-21-17/h1-3,6-7,10,12,15-16,23H,4-5,8-9,11H2,(H,22,24)/t15-,16-/m1/s1. The molecule has 7 heteroatoms. The Morgan fingerprint density at radius 1 is 1.31 bits per heavy atom. The molecule has 0 bridgehead atoms. The summed E-state index contributed by atoms with van der Waals surface area (Å²) in [4.78, 5) is 20.7. The van der Waals surface area contributed by atoms with Gasteiger partial charge in [-0.3, -0.25) is 9.78 Å². The maximum Gasteiger partial charge on any atom is 0.251 e. The Morgan fingerprint density at radius 3 is 2.88 bits per heavy atom. The van der Waals surface area contributed by atoms with Gasteiger partial charge in [-0.15, -0.1) is 0 Å². The number of rotatable bonds is 4. The van der Waals surface area contributed by atoms with E-state index in [2.05, 4.69) is 15.3 Å². The molecule has 1 aromatic carbocycles. The van der Waals surface area contributed by atoms with Crippen LogP contribution in [0.5, 0.6) is 11.6 Å². The second-order valence-corrected chi connectivity index (χ2v) is 6.80. The highest BCUT2D eigenvalue weighted by Crippen LogP contribution is 2.49. The number of nitrogens with zero attached hydrogens (tertiary/aromatic N) is 2. The number of ether oxygens (including phenoxy) is 2. The van der Waals surface area contributed by atoms with Crippen LogP contribution in [0.4, 0.5) is 0 Å². The Hall–Kier alpha value is -2.51. The fourth-order valence-electron chi connectivity index (χ4n) is 3.80. The van der Waals surface area contributed by atoms with E-state index in [0.717, 1.165) is 12.8 Å². The first kappa shape index (κ1) is 16.9. The number of aliphatic hydroxyl groups excluding tert-OH is 1. The zero-order chi connectivity index (χ0) is 18.0. The normalized spacial score (nSPS) is 23.9. The number of nitrogens with one attached hydrogen (secondary N) is 1. The van der Waals surface area contributed by atoms with Crippen LogP contribution >= 0.6 is 0 Å². The summed E-state index contributed by atoms with van der Waals surface area (Å²) in [6.07, 6.45) is 6.38. The van der Waals surface area contributed by atoms with Gasteiger partial charge in [0.25, 0.3) is 5.91 Å². The maximum absolute atomic E-state index is 12.7. The van der Waals surface area contributed by atoms with Gasteiger partial charge in [-0.05, 0) is 37.5 Å². The van der Waals surface area contributed by atoms with Crippen molar-refractivity contribution < 1.29 is 19.4 Å². The first-order valence-electron chi connectivity index (χ1n) is 8.78. The third kappa shape index (κ3) is 3.15. The Bertz CT molecular complexity index is 777. The lowest BCUT2D eigenvalue weighted by Crippen LogP contribution is -2.65. The molecule has 26 heavy (non-hydrogen) atoms. The molecule has 2 heterocycles. The molecule has 1 aromatic heterocycles. The molecule has 1 aliphatic heterocycles. The highest BCUT2D eigenvalue weighted by atomic mass is 16.5. The Morgan fingerprint density at radius 2 is 2.15 bits per heavy atom. The fraction of sp³-hybridized carbons (Fsp3) is 0.421. The molecular weight excluding hydrogens is 334 g/mol. The second kappa shape index (κ2) is 7.01. The number of aliphatic hydroxyl groups is 1. The van der Waals surface area contributed by atoms with Gasteiger partial charge < -0.3 is 19.9 Å². The fourth-order valence-corrected chi connectivity index (χ4v) is 3.80. The van der Waals surface area contributed by atoms with Crippen molar-refractivity contribution in [1.29, 1.82) is 0 Å². The van der Waals surface area contributed by atoms with Crippen LogP contribution in [0.3, 0.4) is 0 Å². The van der Waals surface area contributed by atoms with E-state index in [1.54, 1.807) is 36.7 Å². The molecule has 1 saturated heterocycles. The van der Waals surface area contributed by atoms with E-state index in [4.69, 9.17) is 9.47 Å². The van der Waals surface area contributed by atoms with Crippen LogP contribution in [-0.4, -0.2) is 46.3 Å². The third-order valence-electron chi connectivity index (χ3n) is 5.40. The number of carbonyl (C=O) groups is 1. The van der Waals surface area contributed by atoms with Gasteiger partial charge in [0.15, 0.2) is 0 Å². The van der Waals surface area contributed by atoms with E-state index in [-0.39, 0.29) is 23.5 Å². The van der Waals surface area contributed by atoms with E-state index < -0.39 is 0 Å². The lowest BCUT2D eigenvalue weighted by molar-refractivity contribution is -0.145. The Labute approximate surface area is 151 Å². The van der Waals surface area contributed by atoms with Crippen molar-refractivity contribution in [2.75, 3.05) is 13.2 Å². The number of hydrogen-bond acceptors (Lipinski definition) is 6. The smallest absolute Gasteiger partial charge is 0.251 e. The summed E-state index contributed by atoms with van der Waals surface area (Å²) in [5, 5.41) is 13.3. The van der Waals surface area contributed by atoms with Crippen LogP contribution < -0.4 is 10.1 Å². The number of aromatic nitrogens is 2. The first-order valence-corrected chi connectivity index (χ1v) is 8.78. The maximum atomic E-state index is 12.7. The first-order chi connectivity index (χ1) is 12.7. The number of hydrogen-bond donors (Lipinski definition) is 2. The topological polar surface area (TPSA) is 93.6 Å². The molecule has 1 aliphatic carbocycles. The lowest BCUT2D eigenvalue weighted by atomic mass is 9.58. The van der Waals surface area contributed by atoms with Gasteiger partial charge in [0.2, 0.25) is 5.88 Å². The zero-order valence-electron chi connectivity index (χ0n) is 14.3. The minimum absolute atomic E-state index is 0.0292. The average Bonchev–Trinajstić information content (AvgIpc) is 2.69. The summed E-state index contributed by atoms with van der Waals surface area (Å²) in [5.41, 5.74) is 0.261. The van der Waals surface area contributed by atoms with Crippen LogP contribution in [0, 0.1) is 5.41 Å². The molecule has 0 radical (unpaired) electrons. The molecule has 2 N–H and O–H groups in total. The SMILES string of the molecule is O=C(N[C@@H]1C[C@@H](O)C12CCOCC2)c1cccc(Oc2cnccn2)c1. The van der Waals surface area contributed by atoms with Crippen molar-refractivity contribution in [2.45, 2.75) is 31.4 Å². The Kier molecular flexibility index (Phi) is 4.57. The predicted octanol–water partition coefficient (Wildman–Crippen LogP) is 1.93. The summed E-state index contributed by atoms with van der Waals surface area (Å²) in [7, 11) is 0. The van der Waals surface area contributed by atoms with Crippen LogP contribution in [0.25, 0.3) is 0 Å². The molecule has 2 aliphatic rings. The number of carbonyl (C=O) groups excluding carboxylic acids is 1. The molecule has 1 saturated carbocycles. The van der Waals surface area contributed by atoms with Crippen molar-refractivity contribution in [2.24, 2.45) is 5.41 Å². The summed E-state index contributed by atoms with van der Waals surface area (Å²) in [5.74, 6) is 0.721. The second-order valence-electron chi connectivity index (χ2n) is 6.80. The van der Waals surface area contributed by atoms with E-state index in [0.29, 0.717) is 36.8 Å². The van der Waals surface area contributed by atoms with Gasteiger partial charge >= 0.3 is 0 Å². The monoisotopic (exact) mass is 355 g/mol. The van der Waals surface area contributed by atoms with Gasteiger partial charge in [0.1, 0.15) is 5.75 Å². The molecule has 2 atom stereocenters. The minimum atomic E-state index is -0.372. The quantitative estimate of drug-likeness (QED) is 0.870. The molecule has 136 valence electrons. The largest absolute Gasteiger partial charge is 0.437 e. The van der Waals surface area contributed by atoms with Gasteiger partial charge in [-0.1, -0.05) is 6.07 Å². The van der Waals surface area contributed by atoms with Gasteiger partial charge in [0, 0.05) is 42.6 Å². The van der Waals surface area contributed by atoms with Gasteiger partial charge in [-0.2, -0.15) is 0 Å². The highest BCUT2D eigenvalue weighted by Gasteiger charge is 2.55. The van der Waals surface area contributed by atoms with Crippen LogP contribution in [0.15, 0.2) is 42.9 Å². The Balaban J connectivity index is 1.44. The molecule has 7 nitrogen and oxygen atoms in total. The summed E-state index contributed by atoms with van der Waals surface area (Å²) >= 11 is 0. The van der Waals surface area contributed by atoms with Crippen molar-refractivity contribution in [3.63, 3.8) is 0 Å². The molecular formula is C19H21N3O4. The van der Waals surface area contributed by atoms with Crippen molar-refractivity contribution in [1.82, 2.24) is 15.3 Å². The van der Waals surface area contributed by atoms with E-state index in [1.165, 1.54) is 6.20 Å². The van der Waals surface area contributed by atoms with Crippen molar-refractivity contribution in [3.05, 3.63) is 48.4 Å². The highest BCUT2D eigenvalue weighted by molar-refractivity contribution is 5.94. The van der Waals surface area contributed by atoms with E-state index in [9.17, 15) is 9.90 Å². The molecule has 1 amide bonds. The number of amides is 1. The van der Waals surface area contributed by atoms with E-state index >= 15 is 0 Å². The molecule has 2 aromatic rings. The van der Waals surface area contributed by atoms with Crippen LogP contribution in [0.1, 0.15) is 29.6 Å². The van der Waals surface area contributed by atoms with Crippen LogP contribution in [0.2, 0.25) is 0 Å². The summed E-state index contributed by atoms with van der Waals surface area (Å²) < 4.78 is 11.0. The average molecular weight is 355 g/mol. The molecule has 0 unspecified atom stereocenters. The van der Waals surface area contributed by atoms with E-state index in [1.807, 2.05) is 0 Å². The summed E-state index contributed by atoms with van der Waals surface area (Å²) in [6.45, 7) is 1.26. The minimum Gasteiger partial charge on any atom is -0.437 e. The van der Waals surface area contributed by atoms with Gasteiger partial charge in [0.05, 0.1) is 12.3 Å². The molecule has 2 fully saturated rings.